The highest BCUT2D eigenvalue weighted by atomic mass is 16.5. The van der Waals surface area contributed by atoms with E-state index in [9.17, 15) is 4.79 Å². The second-order valence-electron chi connectivity index (χ2n) is 4.43. The van der Waals surface area contributed by atoms with Gasteiger partial charge in [-0.2, -0.15) is 0 Å². The van der Waals surface area contributed by atoms with E-state index < -0.39 is 11.4 Å². The van der Waals surface area contributed by atoms with Gasteiger partial charge in [0.15, 0.2) is 0 Å². The largest absolute Gasteiger partial charge is 0.481 e. The van der Waals surface area contributed by atoms with Crippen LogP contribution < -0.4 is 0 Å². The maximum absolute atomic E-state index is 11.0. The van der Waals surface area contributed by atoms with Crippen LogP contribution in [0.4, 0.5) is 0 Å². The number of hydrogen-bond donors (Lipinski definition) is 1. The Balaban J connectivity index is 2.26. The van der Waals surface area contributed by atoms with Crippen molar-refractivity contribution in [1.82, 2.24) is 0 Å². The zero-order chi connectivity index (χ0) is 11.3. The fourth-order valence-electron chi connectivity index (χ4n) is 1.91. The molecule has 0 aromatic carbocycles. The van der Waals surface area contributed by atoms with Crippen molar-refractivity contribution in [2.24, 2.45) is 5.41 Å². The van der Waals surface area contributed by atoms with Crippen LogP contribution in [0, 0.1) is 5.41 Å². The topological polar surface area (TPSA) is 55.8 Å². The summed E-state index contributed by atoms with van der Waals surface area (Å²) < 4.78 is 10.5. The lowest BCUT2D eigenvalue weighted by Crippen LogP contribution is -2.35. The molecule has 0 saturated heterocycles. The maximum Gasteiger partial charge on any atom is 0.309 e. The van der Waals surface area contributed by atoms with Crippen LogP contribution in [-0.2, 0) is 14.3 Å². The van der Waals surface area contributed by atoms with Crippen molar-refractivity contribution in [2.45, 2.75) is 38.7 Å². The third-order valence-corrected chi connectivity index (χ3v) is 3.19. The molecule has 1 aliphatic rings. The van der Waals surface area contributed by atoms with Gasteiger partial charge in [0.1, 0.15) is 0 Å². The Hall–Kier alpha value is -0.610. The van der Waals surface area contributed by atoms with E-state index in [1.165, 1.54) is 0 Å². The van der Waals surface area contributed by atoms with E-state index in [4.69, 9.17) is 14.6 Å². The summed E-state index contributed by atoms with van der Waals surface area (Å²) in [5, 5.41) is 9.04. The van der Waals surface area contributed by atoms with Gasteiger partial charge in [-0.05, 0) is 32.6 Å². The van der Waals surface area contributed by atoms with Gasteiger partial charge in [0.05, 0.1) is 24.7 Å². The number of carboxylic acid groups (broad SMARTS) is 1. The van der Waals surface area contributed by atoms with Crippen LogP contribution in [-0.4, -0.2) is 37.5 Å². The molecule has 1 fully saturated rings. The molecule has 1 aliphatic carbocycles. The van der Waals surface area contributed by atoms with Crippen LogP contribution in [0.25, 0.3) is 0 Å². The van der Waals surface area contributed by atoms with Crippen LogP contribution in [0.1, 0.15) is 32.6 Å². The average molecular weight is 216 g/mol. The standard InChI is InChI=1S/C11H20O4/c1-11(10(12)13)5-3-9(4-6-11)15-8-7-14-2/h9H,3-8H2,1-2H3,(H,12,13). The van der Waals surface area contributed by atoms with Crippen molar-refractivity contribution in [3.05, 3.63) is 0 Å². The van der Waals surface area contributed by atoms with Gasteiger partial charge in [-0.25, -0.2) is 0 Å². The first kappa shape index (κ1) is 12.5. The average Bonchev–Trinajstić information content (AvgIpc) is 2.21. The number of aliphatic carboxylic acids is 1. The Kier molecular flexibility index (Phi) is 4.54. The third-order valence-electron chi connectivity index (χ3n) is 3.19. The molecule has 0 aromatic rings. The Bertz CT molecular complexity index is 207. The Morgan fingerprint density at radius 1 is 1.40 bits per heavy atom. The molecule has 88 valence electrons. The molecule has 1 N–H and O–H groups in total. The molecule has 0 atom stereocenters. The van der Waals surface area contributed by atoms with Crippen LogP contribution in [0.3, 0.4) is 0 Å². The summed E-state index contributed by atoms with van der Waals surface area (Å²) in [6.45, 7) is 3.03. The molecule has 0 heterocycles. The molecule has 4 nitrogen and oxygen atoms in total. The van der Waals surface area contributed by atoms with Gasteiger partial charge in [-0.1, -0.05) is 0 Å². The summed E-state index contributed by atoms with van der Waals surface area (Å²) in [5.74, 6) is -0.683. The van der Waals surface area contributed by atoms with Crippen molar-refractivity contribution in [2.75, 3.05) is 20.3 Å². The van der Waals surface area contributed by atoms with Gasteiger partial charge < -0.3 is 14.6 Å². The molecular weight excluding hydrogens is 196 g/mol. The van der Waals surface area contributed by atoms with E-state index in [0.29, 0.717) is 26.1 Å². The monoisotopic (exact) mass is 216 g/mol. The third kappa shape index (κ3) is 3.47. The van der Waals surface area contributed by atoms with Crippen molar-refractivity contribution in [1.29, 1.82) is 0 Å². The van der Waals surface area contributed by atoms with Gasteiger partial charge in [-0.3, -0.25) is 4.79 Å². The van der Waals surface area contributed by atoms with E-state index >= 15 is 0 Å². The first-order valence-electron chi connectivity index (χ1n) is 5.42. The fraction of sp³-hybridized carbons (Fsp3) is 0.909. The number of hydrogen-bond acceptors (Lipinski definition) is 3. The van der Waals surface area contributed by atoms with Gasteiger partial charge in [0, 0.05) is 7.11 Å². The molecule has 1 saturated carbocycles. The number of ether oxygens (including phenoxy) is 2. The zero-order valence-corrected chi connectivity index (χ0v) is 9.49. The van der Waals surface area contributed by atoms with Crippen molar-refractivity contribution in [3.8, 4) is 0 Å². The minimum Gasteiger partial charge on any atom is -0.481 e. The molecule has 0 aliphatic heterocycles. The molecule has 0 amide bonds. The van der Waals surface area contributed by atoms with Gasteiger partial charge in [0.25, 0.3) is 0 Å². The van der Waals surface area contributed by atoms with Gasteiger partial charge in [0.2, 0.25) is 0 Å². The highest BCUT2D eigenvalue weighted by Gasteiger charge is 2.37. The molecule has 0 bridgehead atoms. The fourth-order valence-corrected chi connectivity index (χ4v) is 1.91. The number of carboxylic acids is 1. The minimum absolute atomic E-state index is 0.215. The second kappa shape index (κ2) is 5.47. The highest BCUT2D eigenvalue weighted by molar-refractivity contribution is 5.74. The summed E-state index contributed by atoms with van der Waals surface area (Å²) in [7, 11) is 1.64. The molecule has 15 heavy (non-hydrogen) atoms. The SMILES string of the molecule is COCCOC1CCC(C)(C(=O)O)CC1. The molecule has 0 unspecified atom stereocenters. The van der Waals surface area contributed by atoms with Crippen molar-refractivity contribution < 1.29 is 19.4 Å². The van der Waals surface area contributed by atoms with Crippen LogP contribution >= 0.6 is 0 Å². The maximum atomic E-state index is 11.0. The van der Waals surface area contributed by atoms with E-state index in [0.717, 1.165) is 12.8 Å². The Morgan fingerprint density at radius 2 is 2.00 bits per heavy atom. The lowest BCUT2D eigenvalue weighted by atomic mass is 9.75. The molecule has 4 heteroatoms. The highest BCUT2D eigenvalue weighted by Crippen LogP contribution is 2.36. The van der Waals surface area contributed by atoms with Crippen molar-refractivity contribution >= 4 is 5.97 Å². The van der Waals surface area contributed by atoms with E-state index in [2.05, 4.69) is 0 Å². The molecular formula is C11H20O4. The van der Waals surface area contributed by atoms with Crippen LogP contribution in [0.2, 0.25) is 0 Å². The summed E-state index contributed by atoms with van der Waals surface area (Å²) in [5.41, 5.74) is -0.541. The molecule has 0 aromatic heterocycles. The van der Waals surface area contributed by atoms with E-state index in [-0.39, 0.29) is 6.10 Å². The first-order valence-corrected chi connectivity index (χ1v) is 5.42. The lowest BCUT2D eigenvalue weighted by molar-refractivity contribution is -0.151. The molecule has 0 radical (unpaired) electrons. The Labute approximate surface area is 90.6 Å². The van der Waals surface area contributed by atoms with Gasteiger partial charge >= 0.3 is 5.97 Å². The summed E-state index contributed by atoms with van der Waals surface area (Å²) >= 11 is 0. The summed E-state index contributed by atoms with van der Waals surface area (Å²) in [4.78, 5) is 11.0. The number of methoxy groups -OCH3 is 1. The quantitative estimate of drug-likeness (QED) is 0.710. The summed E-state index contributed by atoms with van der Waals surface area (Å²) in [6, 6.07) is 0. The lowest BCUT2D eigenvalue weighted by Gasteiger charge is -2.33. The van der Waals surface area contributed by atoms with E-state index in [1.807, 2.05) is 6.92 Å². The smallest absolute Gasteiger partial charge is 0.309 e. The Morgan fingerprint density at radius 3 is 2.47 bits per heavy atom. The normalized spacial score (nSPS) is 31.5. The predicted molar refractivity (Wildman–Crippen MR) is 55.8 cm³/mol. The predicted octanol–water partition coefficient (Wildman–Crippen LogP) is 1.68. The summed E-state index contributed by atoms with van der Waals surface area (Å²) in [6.07, 6.45) is 3.31. The number of carbonyl (C=O) groups is 1. The van der Waals surface area contributed by atoms with E-state index in [1.54, 1.807) is 7.11 Å². The minimum atomic E-state index is -0.683. The molecule has 1 rings (SSSR count). The van der Waals surface area contributed by atoms with Crippen molar-refractivity contribution in [3.63, 3.8) is 0 Å². The number of rotatable bonds is 5. The second-order valence-corrected chi connectivity index (χ2v) is 4.43. The van der Waals surface area contributed by atoms with Crippen LogP contribution in [0.15, 0.2) is 0 Å². The van der Waals surface area contributed by atoms with Crippen LogP contribution in [0.5, 0.6) is 0 Å². The zero-order valence-electron chi connectivity index (χ0n) is 9.49. The van der Waals surface area contributed by atoms with Gasteiger partial charge in [-0.15, -0.1) is 0 Å². The first-order chi connectivity index (χ1) is 7.08. The molecule has 0 spiro atoms.